The summed E-state index contributed by atoms with van der Waals surface area (Å²) in [6.07, 6.45) is -0.672. The van der Waals surface area contributed by atoms with Crippen LogP contribution in [0.5, 0.6) is 0 Å². The van der Waals surface area contributed by atoms with Gasteiger partial charge < -0.3 is 9.52 Å². The Kier molecular flexibility index (Phi) is 2.84. The second-order valence-corrected chi connectivity index (χ2v) is 4.21. The highest BCUT2D eigenvalue weighted by molar-refractivity contribution is 5.35. The SMILES string of the molecule is Cc1ccc([C@@H](O)c2ccc(C)o2)c(C)c1. The summed E-state index contributed by atoms with van der Waals surface area (Å²) in [5.74, 6) is 1.42. The summed E-state index contributed by atoms with van der Waals surface area (Å²) in [5.41, 5.74) is 3.19. The Morgan fingerprint density at radius 3 is 2.38 bits per heavy atom. The number of aryl methyl sites for hydroxylation is 3. The van der Waals surface area contributed by atoms with E-state index < -0.39 is 6.10 Å². The molecular weight excluding hydrogens is 200 g/mol. The topological polar surface area (TPSA) is 33.4 Å². The van der Waals surface area contributed by atoms with Gasteiger partial charge in [-0.25, -0.2) is 0 Å². The average molecular weight is 216 g/mol. The van der Waals surface area contributed by atoms with Crippen molar-refractivity contribution in [3.05, 3.63) is 58.5 Å². The average Bonchev–Trinajstić information content (AvgIpc) is 2.64. The second-order valence-electron chi connectivity index (χ2n) is 4.21. The van der Waals surface area contributed by atoms with Gasteiger partial charge in [0, 0.05) is 0 Å². The summed E-state index contributed by atoms with van der Waals surface area (Å²) in [7, 11) is 0. The van der Waals surface area contributed by atoms with Crippen molar-refractivity contribution in [2.24, 2.45) is 0 Å². The first-order valence-electron chi connectivity index (χ1n) is 5.39. The van der Waals surface area contributed by atoms with Gasteiger partial charge in [-0.2, -0.15) is 0 Å². The van der Waals surface area contributed by atoms with Crippen LogP contribution in [0.1, 0.15) is 34.3 Å². The van der Waals surface area contributed by atoms with Gasteiger partial charge in [-0.05, 0) is 44.0 Å². The van der Waals surface area contributed by atoms with Gasteiger partial charge in [0.25, 0.3) is 0 Å². The smallest absolute Gasteiger partial charge is 0.137 e. The number of furan rings is 1. The summed E-state index contributed by atoms with van der Waals surface area (Å²) in [6.45, 7) is 5.92. The van der Waals surface area contributed by atoms with Crippen LogP contribution in [0.3, 0.4) is 0 Å². The van der Waals surface area contributed by atoms with Gasteiger partial charge >= 0.3 is 0 Å². The quantitative estimate of drug-likeness (QED) is 0.835. The van der Waals surface area contributed by atoms with Gasteiger partial charge in [0.1, 0.15) is 17.6 Å². The minimum atomic E-state index is -0.672. The van der Waals surface area contributed by atoms with Crippen LogP contribution in [-0.4, -0.2) is 5.11 Å². The lowest BCUT2D eigenvalue weighted by molar-refractivity contribution is 0.187. The first-order chi connectivity index (χ1) is 7.58. The van der Waals surface area contributed by atoms with Gasteiger partial charge in [-0.15, -0.1) is 0 Å². The van der Waals surface area contributed by atoms with Crippen LogP contribution in [0, 0.1) is 20.8 Å². The minimum Gasteiger partial charge on any atom is -0.463 e. The molecule has 0 aliphatic carbocycles. The van der Waals surface area contributed by atoms with Crippen LogP contribution in [0.4, 0.5) is 0 Å². The fraction of sp³-hybridized carbons (Fsp3) is 0.286. The third-order valence-corrected chi connectivity index (χ3v) is 2.75. The molecule has 0 aliphatic rings. The van der Waals surface area contributed by atoms with Gasteiger partial charge in [0.05, 0.1) is 0 Å². The molecule has 0 aliphatic heterocycles. The molecule has 1 aromatic carbocycles. The first-order valence-corrected chi connectivity index (χ1v) is 5.39. The molecule has 0 radical (unpaired) electrons. The van der Waals surface area contributed by atoms with E-state index in [1.807, 2.05) is 45.0 Å². The van der Waals surface area contributed by atoms with Crippen molar-refractivity contribution in [3.8, 4) is 0 Å². The summed E-state index contributed by atoms with van der Waals surface area (Å²) in [6, 6.07) is 9.70. The standard InChI is InChI=1S/C14H16O2/c1-9-4-6-12(10(2)8-9)14(15)13-7-5-11(3)16-13/h4-8,14-15H,1-3H3/t14-/m1/s1. The largest absolute Gasteiger partial charge is 0.463 e. The third-order valence-electron chi connectivity index (χ3n) is 2.75. The Labute approximate surface area is 95.5 Å². The van der Waals surface area contributed by atoms with E-state index in [2.05, 4.69) is 6.07 Å². The number of aliphatic hydroxyl groups is 1. The van der Waals surface area contributed by atoms with Crippen molar-refractivity contribution < 1.29 is 9.52 Å². The lowest BCUT2D eigenvalue weighted by atomic mass is 10.00. The van der Waals surface area contributed by atoms with Crippen molar-refractivity contribution in [2.75, 3.05) is 0 Å². The van der Waals surface area contributed by atoms with Crippen LogP contribution in [0.25, 0.3) is 0 Å². The molecule has 0 saturated carbocycles. The van der Waals surface area contributed by atoms with Crippen LogP contribution >= 0.6 is 0 Å². The van der Waals surface area contributed by atoms with Gasteiger partial charge in [0.15, 0.2) is 0 Å². The summed E-state index contributed by atoms with van der Waals surface area (Å²) in [5, 5.41) is 10.2. The number of aliphatic hydroxyl groups excluding tert-OH is 1. The van der Waals surface area contributed by atoms with E-state index >= 15 is 0 Å². The fourth-order valence-corrected chi connectivity index (χ4v) is 1.89. The molecule has 0 saturated heterocycles. The molecule has 0 spiro atoms. The molecule has 1 aromatic heterocycles. The molecule has 1 heterocycles. The normalized spacial score (nSPS) is 12.8. The summed E-state index contributed by atoms with van der Waals surface area (Å²) < 4.78 is 5.43. The van der Waals surface area contributed by atoms with Crippen molar-refractivity contribution in [3.63, 3.8) is 0 Å². The molecule has 0 amide bonds. The molecule has 2 nitrogen and oxygen atoms in total. The van der Waals surface area contributed by atoms with Crippen molar-refractivity contribution in [1.82, 2.24) is 0 Å². The lowest BCUT2D eigenvalue weighted by Gasteiger charge is -2.12. The Morgan fingerprint density at radius 1 is 1.06 bits per heavy atom. The Hall–Kier alpha value is -1.54. The molecule has 1 atom stereocenters. The third kappa shape index (κ3) is 2.02. The van der Waals surface area contributed by atoms with E-state index in [4.69, 9.17) is 4.42 Å². The molecular formula is C14H16O2. The Morgan fingerprint density at radius 2 is 1.81 bits per heavy atom. The number of hydrogen-bond acceptors (Lipinski definition) is 2. The van der Waals surface area contributed by atoms with E-state index in [-0.39, 0.29) is 0 Å². The highest BCUT2D eigenvalue weighted by atomic mass is 16.4. The molecule has 16 heavy (non-hydrogen) atoms. The summed E-state index contributed by atoms with van der Waals surface area (Å²) in [4.78, 5) is 0. The van der Waals surface area contributed by atoms with E-state index in [0.29, 0.717) is 5.76 Å². The molecule has 2 heteroatoms. The van der Waals surface area contributed by atoms with Crippen molar-refractivity contribution in [1.29, 1.82) is 0 Å². The number of benzene rings is 1. The summed E-state index contributed by atoms with van der Waals surface area (Å²) >= 11 is 0. The van der Waals surface area contributed by atoms with Gasteiger partial charge in [-0.1, -0.05) is 23.8 Å². The predicted molar refractivity (Wildman–Crippen MR) is 63.4 cm³/mol. The van der Waals surface area contributed by atoms with Crippen molar-refractivity contribution in [2.45, 2.75) is 26.9 Å². The first kappa shape index (κ1) is 11.0. The maximum absolute atomic E-state index is 10.2. The lowest BCUT2D eigenvalue weighted by Crippen LogP contribution is -2.00. The Bertz CT molecular complexity index is 497. The monoisotopic (exact) mass is 216 g/mol. The molecule has 0 fully saturated rings. The van der Waals surface area contributed by atoms with E-state index in [0.717, 1.165) is 16.9 Å². The molecule has 84 valence electrons. The maximum atomic E-state index is 10.2. The zero-order chi connectivity index (χ0) is 11.7. The molecule has 1 N–H and O–H groups in total. The molecule has 2 rings (SSSR count). The zero-order valence-electron chi connectivity index (χ0n) is 9.82. The minimum absolute atomic E-state index is 0.601. The van der Waals surface area contributed by atoms with Crippen LogP contribution in [0.2, 0.25) is 0 Å². The number of rotatable bonds is 2. The van der Waals surface area contributed by atoms with Crippen LogP contribution < -0.4 is 0 Å². The molecule has 0 bridgehead atoms. The molecule has 0 unspecified atom stereocenters. The maximum Gasteiger partial charge on any atom is 0.137 e. The highest BCUT2D eigenvalue weighted by Crippen LogP contribution is 2.26. The van der Waals surface area contributed by atoms with Crippen LogP contribution in [0.15, 0.2) is 34.7 Å². The zero-order valence-corrected chi connectivity index (χ0v) is 9.82. The van der Waals surface area contributed by atoms with Gasteiger partial charge in [-0.3, -0.25) is 0 Å². The van der Waals surface area contributed by atoms with Crippen LogP contribution in [-0.2, 0) is 0 Å². The Balaban J connectivity index is 2.37. The van der Waals surface area contributed by atoms with E-state index in [9.17, 15) is 5.11 Å². The van der Waals surface area contributed by atoms with Crippen molar-refractivity contribution >= 4 is 0 Å². The number of hydrogen-bond donors (Lipinski definition) is 1. The van der Waals surface area contributed by atoms with Gasteiger partial charge in [0.2, 0.25) is 0 Å². The molecule has 2 aromatic rings. The second kappa shape index (κ2) is 4.14. The van der Waals surface area contributed by atoms with E-state index in [1.165, 1.54) is 5.56 Å². The fourth-order valence-electron chi connectivity index (χ4n) is 1.89. The highest BCUT2D eigenvalue weighted by Gasteiger charge is 2.15. The predicted octanol–water partition coefficient (Wildman–Crippen LogP) is 3.29. The van der Waals surface area contributed by atoms with E-state index in [1.54, 1.807) is 0 Å².